The molecule has 0 unspecified atom stereocenters. The zero-order valence-corrected chi connectivity index (χ0v) is 18.2. The Bertz CT molecular complexity index is 941. The summed E-state index contributed by atoms with van der Waals surface area (Å²) in [6, 6.07) is 17.9. The largest absolute Gasteiger partial charge is 0.353 e. The Labute approximate surface area is 180 Å². The highest BCUT2D eigenvalue weighted by molar-refractivity contribution is 7.99. The highest BCUT2D eigenvalue weighted by Gasteiger charge is 2.18. The molecular weight excluding hydrogens is 404 g/mol. The van der Waals surface area contributed by atoms with Crippen molar-refractivity contribution in [3.8, 4) is 11.4 Å². The van der Waals surface area contributed by atoms with Gasteiger partial charge in [-0.05, 0) is 30.5 Å². The minimum atomic E-state index is 0.0113. The second-order valence-electron chi connectivity index (χ2n) is 6.73. The van der Waals surface area contributed by atoms with Crippen LogP contribution >= 0.6 is 23.4 Å². The molecule has 0 aliphatic carbocycles. The van der Waals surface area contributed by atoms with Crippen LogP contribution in [0.4, 0.5) is 0 Å². The van der Waals surface area contributed by atoms with E-state index in [1.165, 1.54) is 11.8 Å². The molecule has 0 radical (unpaired) electrons. The third-order valence-corrected chi connectivity index (χ3v) is 5.99. The molecule has 0 aliphatic heterocycles. The molecule has 1 aromatic heterocycles. The number of hydrogen-bond donors (Lipinski definition) is 1. The number of aromatic nitrogens is 3. The zero-order chi connectivity index (χ0) is 20.6. The normalized spacial score (nSPS) is 11.0. The Morgan fingerprint density at radius 3 is 2.45 bits per heavy atom. The van der Waals surface area contributed by atoms with E-state index in [2.05, 4.69) is 41.5 Å². The van der Waals surface area contributed by atoms with Gasteiger partial charge >= 0.3 is 0 Å². The van der Waals surface area contributed by atoms with Crippen molar-refractivity contribution in [2.45, 2.75) is 44.4 Å². The van der Waals surface area contributed by atoms with E-state index in [9.17, 15) is 4.79 Å². The summed E-state index contributed by atoms with van der Waals surface area (Å²) in [5.74, 6) is 1.01. The summed E-state index contributed by atoms with van der Waals surface area (Å²) in [7, 11) is 0. The molecule has 2 aromatic carbocycles. The van der Waals surface area contributed by atoms with E-state index < -0.39 is 0 Å². The first-order chi connectivity index (χ1) is 14.1. The molecule has 0 bridgehead atoms. The second kappa shape index (κ2) is 10.5. The first-order valence-corrected chi connectivity index (χ1v) is 11.1. The van der Waals surface area contributed by atoms with E-state index >= 15 is 0 Å². The van der Waals surface area contributed by atoms with E-state index in [-0.39, 0.29) is 11.9 Å². The molecule has 29 heavy (non-hydrogen) atoms. The number of benzene rings is 2. The van der Waals surface area contributed by atoms with Crippen LogP contribution < -0.4 is 5.32 Å². The van der Waals surface area contributed by atoms with Crippen LogP contribution in [-0.2, 0) is 11.3 Å². The number of carbonyl (C=O) groups is 1. The van der Waals surface area contributed by atoms with Crippen LogP contribution in [0, 0.1) is 0 Å². The Hall–Kier alpha value is -2.31. The third kappa shape index (κ3) is 5.61. The van der Waals surface area contributed by atoms with Gasteiger partial charge in [-0.3, -0.25) is 9.36 Å². The van der Waals surface area contributed by atoms with Gasteiger partial charge in [0.25, 0.3) is 0 Å². The molecule has 0 aliphatic rings. The molecule has 0 saturated carbocycles. The Morgan fingerprint density at radius 2 is 1.76 bits per heavy atom. The maximum absolute atomic E-state index is 12.3. The van der Waals surface area contributed by atoms with Gasteiger partial charge < -0.3 is 5.32 Å². The molecule has 7 heteroatoms. The van der Waals surface area contributed by atoms with Gasteiger partial charge in [-0.2, -0.15) is 0 Å². The molecule has 0 fully saturated rings. The summed E-state index contributed by atoms with van der Waals surface area (Å²) in [5.41, 5.74) is 1.95. The number of halogens is 1. The molecule has 3 aromatic rings. The van der Waals surface area contributed by atoms with Crippen molar-refractivity contribution in [3.05, 3.63) is 65.2 Å². The van der Waals surface area contributed by atoms with Crippen molar-refractivity contribution >= 4 is 29.3 Å². The average molecular weight is 429 g/mol. The molecular formula is C22H25ClN4OS. The van der Waals surface area contributed by atoms with Crippen LogP contribution in [0.5, 0.6) is 0 Å². The van der Waals surface area contributed by atoms with Crippen LogP contribution in [0.1, 0.15) is 32.3 Å². The number of thioether (sulfide) groups is 1. The number of hydrogen-bond acceptors (Lipinski definition) is 4. The monoisotopic (exact) mass is 428 g/mol. The molecule has 0 atom stereocenters. The number of rotatable bonds is 9. The lowest BCUT2D eigenvalue weighted by molar-refractivity contribution is -0.119. The summed E-state index contributed by atoms with van der Waals surface area (Å²) in [6.07, 6.45) is 1.85. The van der Waals surface area contributed by atoms with E-state index in [0.717, 1.165) is 24.0 Å². The third-order valence-electron chi connectivity index (χ3n) is 4.70. The quantitative estimate of drug-likeness (QED) is 0.485. The van der Waals surface area contributed by atoms with Crippen molar-refractivity contribution < 1.29 is 4.79 Å². The molecule has 1 N–H and O–H groups in total. The molecule has 0 spiro atoms. The van der Waals surface area contributed by atoms with Crippen molar-refractivity contribution in [3.63, 3.8) is 0 Å². The van der Waals surface area contributed by atoms with Gasteiger partial charge in [0, 0.05) is 11.6 Å². The van der Waals surface area contributed by atoms with E-state index in [0.29, 0.717) is 28.3 Å². The summed E-state index contributed by atoms with van der Waals surface area (Å²) in [5, 5.41) is 13.1. The van der Waals surface area contributed by atoms with E-state index in [1.54, 1.807) is 0 Å². The maximum Gasteiger partial charge on any atom is 0.230 e. The minimum Gasteiger partial charge on any atom is -0.353 e. The highest BCUT2D eigenvalue weighted by atomic mass is 35.5. The fourth-order valence-corrected chi connectivity index (χ4v) is 4.01. The minimum absolute atomic E-state index is 0.0113. The van der Waals surface area contributed by atoms with E-state index in [1.807, 2.05) is 47.0 Å². The van der Waals surface area contributed by atoms with Crippen molar-refractivity contribution in [2.75, 3.05) is 5.75 Å². The number of nitrogens with zero attached hydrogens (tertiary/aromatic N) is 3. The molecule has 3 rings (SSSR count). The fourth-order valence-electron chi connectivity index (χ4n) is 3.04. The van der Waals surface area contributed by atoms with Gasteiger partial charge in [0.15, 0.2) is 11.0 Å². The van der Waals surface area contributed by atoms with Gasteiger partial charge in [-0.15, -0.1) is 10.2 Å². The van der Waals surface area contributed by atoms with Crippen molar-refractivity contribution in [1.82, 2.24) is 20.1 Å². The van der Waals surface area contributed by atoms with Crippen LogP contribution in [0.25, 0.3) is 11.4 Å². The number of amides is 1. The topological polar surface area (TPSA) is 59.8 Å². The number of carbonyl (C=O) groups excluding carboxylic acids is 1. The highest BCUT2D eigenvalue weighted by Crippen LogP contribution is 2.30. The SMILES string of the molecule is CCC(CC)NC(=O)CSc1nnc(-c2ccccc2Cl)n1Cc1ccccc1. The fraction of sp³-hybridized carbons (Fsp3) is 0.318. The smallest absolute Gasteiger partial charge is 0.230 e. The second-order valence-corrected chi connectivity index (χ2v) is 8.08. The summed E-state index contributed by atoms with van der Waals surface area (Å²) < 4.78 is 2.02. The van der Waals surface area contributed by atoms with Crippen molar-refractivity contribution in [2.24, 2.45) is 0 Å². The van der Waals surface area contributed by atoms with E-state index in [4.69, 9.17) is 11.6 Å². The zero-order valence-electron chi connectivity index (χ0n) is 16.6. The van der Waals surface area contributed by atoms with Gasteiger partial charge in [-0.25, -0.2) is 0 Å². The predicted octanol–water partition coefficient (Wildman–Crippen LogP) is 5.04. The summed E-state index contributed by atoms with van der Waals surface area (Å²) in [4.78, 5) is 12.3. The average Bonchev–Trinajstić information content (AvgIpc) is 3.13. The van der Waals surface area contributed by atoms with Gasteiger partial charge in [0.2, 0.25) is 5.91 Å². The standard InChI is InChI=1S/C22H25ClN4OS/c1-3-17(4-2)24-20(28)15-29-22-26-25-21(18-12-8-9-13-19(18)23)27(22)14-16-10-6-5-7-11-16/h5-13,17H,3-4,14-15H2,1-2H3,(H,24,28). The van der Waals surface area contributed by atoms with Crippen LogP contribution in [0.15, 0.2) is 59.8 Å². The number of nitrogens with one attached hydrogen (secondary N) is 1. The van der Waals surface area contributed by atoms with Crippen LogP contribution in [0.3, 0.4) is 0 Å². The Kier molecular flexibility index (Phi) is 7.72. The molecule has 152 valence electrons. The van der Waals surface area contributed by atoms with Gasteiger partial charge in [-0.1, -0.05) is 79.7 Å². The first-order valence-electron chi connectivity index (χ1n) is 9.76. The molecule has 0 saturated heterocycles. The molecule has 1 amide bonds. The summed E-state index contributed by atoms with van der Waals surface area (Å²) >= 11 is 7.80. The van der Waals surface area contributed by atoms with Gasteiger partial charge in [0.05, 0.1) is 17.3 Å². The van der Waals surface area contributed by atoms with Crippen LogP contribution in [0.2, 0.25) is 5.02 Å². The van der Waals surface area contributed by atoms with Crippen molar-refractivity contribution in [1.29, 1.82) is 0 Å². The Morgan fingerprint density at radius 1 is 1.07 bits per heavy atom. The van der Waals surface area contributed by atoms with Gasteiger partial charge in [0.1, 0.15) is 0 Å². The predicted molar refractivity (Wildman–Crippen MR) is 119 cm³/mol. The Balaban J connectivity index is 1.85. The first kappa shape index (κ1) is 21.4. The maximum atomic E-state index is 12.3. The lowest BCUT2D eigenvalue weighted by atomic mass is 10.2. The van der Waals surface area contributed by atoms with Crippen LogP contribution in [-0.4, -0.2) is 32.5 Å². The molecule has 5 nitrogen and oxygen atoms in total. The lowest BCUT2D eigenvalue weighted by Gasteiger charge is -2.15. The summed E-state index contributed by atoms with van der Waals surface area (Å²) in [6.45, 7) is 4.76. The lowest BCUT2D eigenvalue weighted by Crippen LogP contribution is -2.35. The molecule has 1 heterocycles.